The molecule has 7 nitrogen and oxygen atoms in total. The van der Waals surface area contributed by atoms with Crippen LogP contribution in [-0.2, 0) is 9.53 Å². The minimum absolute atomic E-state index is 0.0816. The molecule has 1 aliphatic heterocycles. The number of carbonyl (C=O) groups is 2. The van der Waals surface area contributed by atoms with Crippen molar-refractivity contribution in [3.8, 4) is 5.75 Å². The summed E-state index contributed by atoms with van der Waals surface area (Å²) in [4.78, 5) is 24.5. The van der Waals surface area contributed by atoms with Gasteiger partial charge < -0.3 is 25.4 Å². The molecule has 152 valence electrons. The van der Waals surface area contributed by atoms with Gasteiger partial charge in [0.15, 0.2) is 5.83 Å². The first-order valence-corrected chi connectivity index (χ1v) is 8.85. The predicted octanol–water partition coefficient (Wildman–Crippen LogP) is 2.18. The van der Waals surface area contributed by atoms with Crippen LogP contribution in [0, 0.1) is 5.92 Å². The molecule has 0 fully saturated rings. The lowest BCUT2D eigenvalue weighted by Crippen LogP contribution is -2.34. The van der Waals surface area contributed by atoms with E-state index in [1.54, 1.807) is 13.1 Å². The van der Waals surface area contributed by atoms with Crippen LogP contribution in [0.3, 0.4) is 0 Å². The van der Waals surface area contributed by atoms with Gasteiger partial charge in [0.2, 0.25) is 5.78 Å². The molecule has 8 heteroatoms. The monoisotopic (exact) mass is 393 g/mol. The van der Waals surface area contributed by atoms with E-state index in [0.717, 1.165) is 6.08 Å². The summed E-state index contributed by atoms with van der Waals surface area (Å²) in [6, 6.07) is 2.96. The van der Waals surface area contributed by atoms with E-state index in [0.29, 0.717) is 11.3 Å². The van der Waals surface area contributed by atoms with Gasteiger partial charge in [-0.2, -0.15) is 0 Å². The number of phenolic OH excluding ortho intramolecular Hbond substituents is 1. The van der Waals surface area contributed by atoms with Gasteiger partial charge in [-0.15, -0.1) is 0 Å². The molecule has 0 aliphatic carbocycles. The number of carbonyl (C=O) groups excluding carboxylic acids is 2. The van der Waals surface area contributed by atoms with Crippen molar-refractivity contribution in [3.05, 3.63) is 41.2 Å². The Labute approximate surface area is 162 Å². The highest BCUT2D eigenvalue weighted by Crippen LogP contribution is 2.30. The Morgan fingerprint density at radius 1 is 1.21 bits per heavy atom. The second-order valence-corrected chi connectivity index (χ2v) is 6.71. The quantitative estimate of drug-likeness (QED) is 0.541. The molecular weight excluding hydrogens is 369 g/mol. The van der Waals surface area contributed by atoms with Crippen LogP contribution >= 0.6 is 0 Å². The number of nitrogens with one attached hydrogen (secondary N) is 1. The van der Waals surface area contributed by atoms with Crippen LogP contribution in [0.1, 0.15) is 36.2 Å². The highest BCUT2D eigenvalue weighted by Gasteiger charge is 2.29. The number of fused-ring (bicyclic) bond motifs is 1. The van der Waals surface area contributed by atoms with E-state index in [1.165, 1.54) is 32.1 Å². The first-order chi connectivity index (χ1) is 13.1. The number of Topliss-reactive ketones (excluding diaryl/α,β-unsaturated/α-hetero) is 1. The van der Waals surface area contributed by atoms with Crippen LogP contribution in [-0.4, -0.2) is 52.4 Å². The predicted molar refractivity (Wildman–Crippen MR) is 102 cm³/mol. The summed E-state index contributed by atoms with van der Waals surface area (Å²) in [7, 11) is 1.64. The number of aliphatic hydroxyl groups is 2. The summed E-state index contributed by atoms with van der Waals surface area (Å²) in [6.07, 6.45) is -0.667. The average Bonchev–Trinajstić information content (AvgIpc) is 2.65. The molecule has 0 aromatic heterocycles. The van der Waals surface area contributed by atoms with Crippen molar-refractivity contribution in [1.82, 2.24) is 0 Å². The second kappa shape index (κ2) is 8.99. The molecule has 1 heterocycles. The van der Waals surface area contributed by atoms with Crippen molar-refractivity contribution in [2.45, 2.75) is 38.6 Å². The molecule has 4 atom stereocenters. The molecule has 0 radical (unpaired) electrons. The maximum absolute atomic E-state index is 14.1. The van der Waals surface area contributed by atoms with E-state index >= 15 is 0 Å². The first-order valence-electron chi connectivity index (χ1n) is 8.85. The molecule has 28 heavy (non-hydrogen) atoms. The number of rotatable bonds is 1. The van der Waals surface area contributed by atoms with E-state index in [-0.39, 0.29) is 17.7 Å². The van der Waals surface area contributed by atoms with Crippen LogP contribution in [0.25, 0.3) is 6.08 Å². The van der Waals surface area contributed by atoms with E-state index in [2.05, 4.69) is 5.32 Å². The SMILES string of the molecule is CNc1cc(O)c2c(c1)C=CC[C@H](O)[C@H](O)C(=O)/C(F)=C\[C@@H](C)[C@H](C)OC2=O. The van der Waals surface area contributed by atoms with E-state index in [9.17, 15) is 29.3 Å². The average molecular weight is 393 g/mol. The number of esters is 1. The third-order valence-electron chi connectivity index (χ3n) is 4.63. The number of ether oxygens (including phenoxy) is 1. The number of aromatic hydroxyl groups is 1. The van der Waals surface area contributed by atoms with Crippen LogP contribution in [0.2, 0.25) is 0 Å². The highest BCUT2D eigenvalue weighted by molar-refractivity contribution is 5.98. The molecule has 1 aromatic carbocycles. The van der Waals surface area contributed by atoms with Crippen LogP contribution in [0.4, 0.5) is 10.1 Å². The summed E-state index contributed by atoms with van der Waals surface area (Å²) in [5, 5.41) is 33.0. The number of hydrogen-bond acceptors (Lipinski definition) is 7. The van der Waals surface area contributed by atoms with Gasteiger partial charge in [-0.05, 0) is 31.1 Å². The standard InChI is InChI=1S/C20H24FNO6/c1-10-7-14(21)18(25)19(26)15(23)6-4-5-12-8-13(22-3)9-16(24)17(12)20(27)28-11(10)2/h4-5,7-11,15,19,22-24,26H,6H2,1-3H3/b5-4?,14-7+/t10-,11+,15+,19+/m1/s1. The van der Waals surface area contributed by atoms with Gasteiger partial charge in [0.25, 0.3) is 0 Å². The molecular formula is C20H24FNO6. The topological polar surface area (TPSA) is 116 Å². The van der Waals surface area contributed by atoms with Gasteiger partial charge >= 0.3 is 5.97 Å². The Morgan fingerprint density at radius 2 is 1.89 bits per heavy atom. The van der Waals surface area contributed by atoms with Gasteiger partial charge in [0.1, 0.15) is 23.5 Å². The zero-order valence-electron chi connectivity index (χ0n) is 15.8. The Morgan fingerprint density at radius 3 is 2.54 bits per heavy atom. The van der Waals surface area contributed by atoms with Gasteiger partial charge in [-0.25, -0.2) is 9.18 Å². The summed E-state index contributed by atoms with van der Waals surface area (Å²) in [5.41, 5.74) is 0.778. The van der Waals surface area contributed by atoms with Crippen LogP contribution < -0.4 is 5.32 Å². The highest BCUT2D eigenvalue weighted by atomic mass is 19.1. The normalized spacial score (nSPS) is 28.6. The zero-order chi connectivity index (χ0) is 21.0. The number of anilines is 1. The Bertz CT molecular complexity index is 819. The largest absolute Gasteiger partial charge is 0.507 e. The Hall–Kier alpha value is -2.71. The number of phenols is 1. The molecule has 0 spiro atoms. The lowest BCUT2D eigenvalue weighted by molar-refractivity contribution is -0.130. The third-order valence-corrected chi connectivity index (χ3v) is 4.63. The summed E-state index contributed by atoms with van der Waals surface area (Å²) >= 11 is 0. The van der Waals surface area contributed by atoms with Crippen molar-refractivity contribution < 1.29 is 34.0 Å². The minimum atomic E-state index is -1.93. The van der Waals surface area contributed by atoms with Crippen LogP contribution in [0.5, 0.6) is 5.75 Å². The molecule has 0 saturated heterocycles. The lowest BCUT2D eigenvalue weighted by atomic mass is 9.99. The van der Waals surface area contributed by atoms with Gasteiger partial charge in [0.05, 0.1) is 6.10 Å². The number of halogens is 1. The fourth-order valence-electron chi connectivity index (χ4n) is 2.71. The zero-order valence-corrected chi connectivity index (χ0v) is 15.8. The van der Waals surface area contributed by atoms with Crippen molar-refractivity contribution in [2.24, 2.45) is 5.92 Å². The molecule has 1 aliphatic rings. The van der Waals surface area contributed by atoms with Gasteiger partial charge in [0, 0.05) is 24.7 Å². The van der Waals surface area contributed by atoms with Crippen molar-refractivity contribution in [3.63, 3.8) is 0 Å². The molecule has 0 unspecified atom stereocenters. The fraction of sp³-hybridized carbons (Fsp3) is 0.400. The number of aliphatic hydroxyl groups excluding tert-OH is 2. The van der Waals surface area contributed by atoms with Gasteiger partial charge in [-0.3, -0.25) is 4.79 Å². The second-order valence-electron chi connectivity index (χ2n) is 6.71. The van der Waals surface area contributed by atoms with Crippen LogP contribution in [0.15, 0.2) is 30.1 Å². The van der Waals surface area contributed by atoms with E-state index in [4.69, 9.17) is 4.74 Å². The molecule has 0 amide bonds. The maximum Gasteiger partial charge on any atom is 0.342 e. The number of ketones is 1. The number of hydrogen-bond donors (Lipinski definition) is 4. The lowest BCUT2D eigenvalue weighted by Gasteiger charge is -2.20. The minimum Gasteiger partial charge on any atom is -0.507 e. The third kappa shape index (κ3) is 4.76. The smallest absolute Gasteiger partial charge is 0.342 e. The number of cyclic esters (lactones) is 1. The van der Waals surface area contributed by atoms with Crippen molar-refractivity contribution in [2.75, 3.05) is 12.4 Å². The van der Waals surface area contributed by atoms with Gasteiger partial charge in [-0.1, -0.05) is 19.1 Å². The Balaban J connectivity index is 2.54. The first kappa shape index (κ1) is 21.6. The molecule has 2 rings (SSSR count). The molecule has 4 N–H and O–H groups in total. The van der Waals surface area contributed by atoms with E-state index < -0.39 is 41.8 Å². The fourth-order valence-corrected chi connectivity index (χ4v) is 2.71. The molecule has 1 aromatic rings. The van der Waals surface area contributed by atoms with Crippen molar-refractivity contribution >= 4 is 23.5 Å². The summed E-state index contributed by atoms with van der Waals surface area (Å²) in [6.45, 7) is 3.05. The molecule has 0 saturated carbocycles. The number of benzene rings is 1. The van der Waals surface area contributed by atoms with Crippen molar-refractivity contribution in [1.29, 1.82) is 0 Å². The summed E-state index contributed by atoms with van der Waals surface area (Å²) in [5.74, 6) is -4.26. The molecule has 0 bridgehead atoms. The van der Waals surface area contributed by atoms with E-state index in [1.807, 2.05) is 0 Å². The maximum atomic E-state index is 14.1. The Kier molecular flexibility index (Phi) is 6.93. The summed E-state index contributed by atoms with van der Waals surface area (Å²) < 4.78 is 19.4.